The van der Waals surface area contributed by atoms with Gasteiger partial charge in [0.1, 0.15) is 5.82 Å². The number of hydrogen-bond donors (Lipinski definition) is 1. The summed E-state index contributed by atoms with van der Waals surface area (Å²) in [5, 5.41) is 4.28. The minimum Gasteiger partial charge on any atom is -0.310 e. The van der Waals surface area contributed by atoms with E-state index >= 15 is 0 Å². The van der Waals surface area contributed by atoms with Crippen LogP contribution in [0.3, 0.4) is 0 Å². The molecule has 3 heteroatoms. The van der Waals surface area contributed by atoms with Crippen LogP contribution in [0, 0.1) is 5.82 Å². The second kappa shape index (κ2) is 7.41. The predicted molar refractivity (Wildman–Crippen MR) is 82.6 cm³/mol. The van der Waals surface area contributed by atoms with Crippen LogP contribution >= 0.6 is 11.6 Å². The second-order valence-electron chi connectivity index (χ2n) is 4.86. The summed E-state index contributed by atoms with van der Waals surface area (Å²) in [7, 11) is 0. The van der Waals surface area contributed by atoms with Gasteiger partial charge in [-0.1, -0.05) is 48.9 Å². The van der Waals surface area contributed by atoms with Crippen molar-refractivity contribution in [2.45, 2.75) is 25.8 Å². The molecule has 0 heterocycles. The third-order valence-electron chi connectivity index (χ3n) is 3.27. The number of benzene rings is 2. The van der Waals surface area contributed by atoms with Crippen LogP contribution in [-0.4, -0.2) is 6.54 Å². The number of rotatable bonds is 6. The highest BCUT2D eigenvalue weighted by Gasteiger charge is 2.14. The fraction of sp³-hybridized carbons (Fsp3) is 0.294. The van der Waals surface area contributed by atoms with Crippen molar-refractivity contribution in [3.8, 4) is 0 Å². The maximum Gasteiger partial charge on any atom is 0.123 e. The molecule has 0 aliphatic rings. The molecule has 0 amide bonds. The lowest BCUT2D eigenvalue weighted by atomic mass is 9.98. The third kappa shape index (κ3) is 4.06. The highest BCUT2D eigenvalue weighted by molar-refractivity contribution is 6.31. The van der Waals surface area contributed by atoms with E-state index in [0.717, 1.165) is 35.5 Å². The highest BCUT2D eigenvalue weighted by Crippen LogP contribution is 2.25. The SMILES string of the molecule is CCCNC(Cc1ccc(F)cc1)c1ccccc1Cl. The van der Waals surface area contributed by atoms with Gasteiger partial charge in [-0.05, 0) is 48.7 Å². The van der Waals surface area contributed by atoms with Crippen molar-refractivity contribution >= 4 is 11.6 Å². The number of halogens is 2. The minimum atomic E-state index is -0.204. The van der Waals surface area contributed by atoms with E-state index in [1.807, 2.05) is 36.4 Å². The lowest BCUT2D eigenvalue weighted by molar-refractivity contribution is 0.528. The second-order valence-corrected chi connectivity index (χ2v) is 5.27. The van der Waals surface area contributed by atoms with Gasteiger partial charge in [0, 0.05) is 11.1 Å². The maximum absolute atomic E-state index is 13.0. The fourth-order valence-corrected chi connectivity index (χ4v) is 2.49. The van der Waals surface area contributed by atoms with E-state index in [9.17, 15) is 4.39 Å². The Morgan fingerprint density at radius 1 is 1.10 bits per heavy atom. The maximum atomic E-state index is 13.0. The van der Waals surface area contributed by atoms with Gasteiger partial charge in [0.15, 0.2) is 0 Å². The average Bonchev–Trinajstić information content (AvgIpc) is 2.46. The van der Waals surface area contributed by atoms with E-state index < -0.39 is 0 Å². The Kier molecular flexibility index (Phi) is 5.57. The molecular formula is C17H19ClFN. The first-order chi connectivity index (χ1) is 9.70. The Morgan fingerprint density at radius 2 is 1.80 bits per heavy atom. The molecule has 2 rings (SSSR count). The molecule has 0 bridgehead atoms. The lowest BCUT2D eigenvalue weighted by Gasteiger charge is -2.20. The Labute approximate surface area is 124 Å². The average molecular weight is 292 g/mol. The van der Waals surface area contributed by atoms with E-state index in [1.54, 1.807) is 0 Å². The zero-order valence-corrected chi connectivity index (χ0v) is 12.3. The standard InChI is InChI=1S/C17H19ClFN/c1-2-11-20-17(15-5-3-4-6-16(15)18)12-13-7-9-14(19)10-8-13/h3-10,17,20H,2,11-12H2,1H3. The molecule has 0 saturated heterocycles. The Bertz CT molecular complexity index is 539. The normalized spacial score (nSPS) is 12.3. The van der Waals surface area contributed by atoms with Crippen LogP contribution in [0.4, 0.5) is 4.39 Å². The topological polar surface area (TPSA) is 12.0 Å². The molecule has 0 fully saturated rings. The minimum absolute atomic E-state index is 0.147. The molecule has 1 unspecified atom stereocenters. The first-order valence-electron chi connectivity index (χ1n) is 6.93. The highest BCUT2D eigenvalue weighted by atomic mass is 35.5. The van der Waals surface area contributed by atoms with Gasteiger partial charge in [-0.3, -0.25) is 0 Å². The summed E-state index contributed by atoms with van der Waals surface area (Å²) in [5.74, 6) is -0.204. The summed E-state index contributed by atoms with van der Waals surface area (Å²) in [6.45, 7) is 3.06. The molecular weight excluding hydrogens is 273 g/mol. The van der Waals surface area contributed by atoms with Crippen molar-refractivity contribution in [3.63, 3.8) is 0 Å². The molecule has 0 radical (unpaired) electrons. The molecule has 0 aliphatic carbocycles. The lowest BCUT2D eigenvalue weighted by Crippen LogP contribution is -2.24. The van der Waals surface area contributed by atoms with E-state index in [4.69, 9.17) is 11.6 Å². The van der Waals surface area contributed by atoms with Crippen LogP contribution in [0.15, 0.2) is 48.5 Å². The number of hydrogen-bond acceptors (Lipinski definition) is 1. The summed E-state index contributed by atoms with van der Waals surface area (Å²) in [4.78, 5) is 0. The summed E-state index contributed by atoms with van der Waals surface area (Å²) in [6.07, 6.45) is 1.86. The van der Waals surface area contributed by atoms with Crippen LogP contribution in [0.2, 0.25) is 5.02 Å². The zero-order chi connectivity index (χ0) is 14.4. The fourth-order valence-electron chi connectivity index (χ4n) is 2.22. The molecule has 0 saturated carbocycles. The van der Waals surface area contributed by atoms with Gasteiger partial charge in [-0.15, -0.1) is 0 Å². The first-order valence-corrected chi connectivity index (χ1v) is 7.30. The first kappa shape index (κ1) is 15.0. The Balaban J connectivity index is 2.19. The van der Waals surface area contributed by atoms with Crippen LogP contribution < -0.4 is 5.32 Å². The van der Waals surface area contributed by atoms with Crippen molar-refractivity contribution in [2.24, 2.45) is 0 Å². The third-order valence-corrected chi connectivity index (χ3v) is 3.62. The van der Waals surface area contributed by atoms with Crippen molar-refractivity contribution in [1.29, 1.82) is 0 Å². The van der Waals surface area contributed by atoms with Crippen LogP contribution in [-0.2, 0) is 6.42 Å². The summed E-state index contributed by atoms with van der Waals surface area (Å²) >= 11 is 6.29. The van der Waals surface area contributed by atoms with E-state index in [1.165, 1.54) is 12.1 Å². The molecule has 106 valence electrons. The van der Waals surface area contributed by atoms with E-state index in [-0.39, 0.29) is 11.9 Å². The monoisotopic (exact) mass is 291 g/mol. The molecule has 20 heavy (non-hydrogen) atoms. The molecule has 0 aromatic heterocycles. The molecule has 1 N–H and O–H groups in total. The Hall–Kier alpha value is -1.38. The van der Waals surface area contributed by atoms with Crippen LogP contribution in [0.25, 0.3) is 0 Å². The smallest absolute Gasteiger partial charge is 0.123 e. The van der Waals surface area contributed by atoms with Gasteiger partial charge in [-0.25, -0.2) is 4.39 Å². The molecule has 1 nitrogen and oxygen atoms in total. The zero-order valence-electron chi connectivity index (χ0n) is 11.6. The van der Waals surface area contributed by atoms with Gasteiger partial charge in [-0.2, -0.15) is 0 Å². The van der Waals surface area contributed by atoms with E-state index in [2.05, 4.69) is 12.2 Å². The van der Waals surface area contributed by atoms with Crippen molar-refractivity contribution in [1.82, 2.24) is 5.32 Å². The van der Waals surface area contributed by atoms with Crippen LogP contribution in [0.5, 0.6) is 0 Å². The van der Waals surface area contributed by atoms with Crippen LogP contribution in [0.1, 0.15) is 30.5 Å². The van der Waals surface area contributed by atoms with E-state index in [0.29, 0.717) is 0 Å². The molecule has 0 aliphatic heterocycles. The van der Waals surface area contributed by atoms with Gasteiger partial charge >= 0.3 is 0 Å². The molecule has 0 spiro atoms. The van der Waals surface area contributed by atoms with Gasteiger partial charge < -0.3 is 5.32 Å². The molecule has 2 aromatic carbocycles. The largest absolute Gasteiger partial charge is 0.310 e. The van der Waals surface area contributed by atoms with Gasteiger partial charge in [0.05, 0.1) is 0 Å². The van der Waals surface area contributed by atoms with Crippen molar-refractivity contribution in [2.75, 3.05) is 6.54 Å². The quantitative estimate of drug-likeness (QED) is 0.809. The summed E-state index contributed by atoms with van der Waals surface area (Å²) < 4.78 is 13.0. The van der Waals surface area contributed by atoms with Crippen molar-refractivity contribution < 1.29 is 4.39 Å². The molecule has 1 atom stereocenters. The van der Waals surface area contributed by atoms with Gasteiger partial charge in [0.25, 0.3) is 0 Å². The summed E-state index contributed by atoms with van der Waals surface area (Å²) in [6, 6.07) is 14.7. The predicted octanol–water partition coefficient (Wildman–Crippen LogP) is 4.76. The van der Waals surface area contributed by atoms with Crippen molar-refractivity contribution in [3.05, 3.63) is 70.5 Å². The summed E-state index contributed by atoms with van der Waals surface area (Å²) in [5.41, 5.74) is 2.19. The Morgan fingerprint density at radius 3 is 2.45 bits per heavy atom. The number of nitrogens with one attached hydrogen (secondary N) is 1. The van der Waals surface area contributed by atoms with Gasteiger partial charge in [0.2, 0.25) is 0 Å². The molecule has 2 aromatic rings.